The van der Waals surface area contributed by atoms with Gasteiger partial charge in [-0.1, -0.05) is 23.4 Å². The highest BCUT2D eigenvalue weighted by Gasteiger charge is 2.12. The molecule has 4 heteroatoms. The predicted octanol–water partition coefficient (Wildman–Crippen LogP) is 3.16. The monoisotopic (exact) mass is 306 g/mol. The highest BCUT2D eigenvalue weighted by Crippen LogP contribution is 2.32. The van der Waals surface area contributed by atoms with Gasteiger partial charge in [0.25, 0.3) is 0 Å². The molecule has 2 aromatic carbocycles. The molecule has 2 aromatic heterocycles. The van der Waals surface area contributed by atoms with E-state index in [0.29, 0.717) is 0 Å². The summed E-state index contributed by atoms with van der Waals surface area (Å²) in [5, 5.41) is 8.65. The van der Waals surface area contributed by atoms with Crippen LogP contribution >= 0.6 is 0 Å². The second-order valence-corrected chi connectivity index (χ2v) is 5.85. The molecule has 0 amide bonds. The Kier molecular flexibility index (Phi) is 3.39. The fraction of sp³-hybridized carbons (Fsp3) is 0.211. The highest BCUT2D eigenvalue weighted by atomic mass is 16.5. The predicted molar refractivity (Wildman–Crippen MR) is 92.2 cm³/mol. The number of aryl methyl sites for hydroxylation is 1. The molecule has 116 valence electrons. The van der Waals surface area contributed by atoms with Crippen LogP contribution in [0.5, 0.6) is 0 Å². The van der Waals surface area contributed by atoms with Crippen LogP contribution in [0.1, 0.15) is 12.5 Å². The van der Waals surface area contributed by atoms with Crippen molar-refractivity contribution >= 4 is 21.8 Å². The summed E-state index contributed by atoms with van der Waals surface area (Å²) < 4.78 is 7.35. The van der Waals surface area contributed by atoms with Crippen molar-refractivity contribution in [3.63, 3.8) is 0 Å². The van der Waals surface area contributed by atoms with Crippen LogP contribution in [0.25, 0.3) is 32.9 Å². The normalized spacial score (nSPS) is 11.6. The molecule has 0 aliphatic heterocycles. The Morgan fingerprint density at radius 1 is 1.04 bits per heavy atom. The summed E-state index contributed by atoms with van der Waals surface area (Å²) in [5.41, 5.74) is 6.07. The van der Waals surface area contributed by atoms with Crippen LogP contribution in [-0.2, 0) is 13.1 Å². The smallest absolute Gasteiger partial charge is 0.131 e. The topological polar surface area (TPSA) is 47.6 Å². The van der Waals surface area contributed by atoms with Gasteiger partial charge in [-0.25, -0.2) is 0 Å². The van der Waals surface area contributed by atoms with E-state index >= 15 is 0 Å². The molecule has 0 aliphatic rings. The van der Waals surface area contributed by atoms with Crippen molar-refractivity contribution in [2.75, 3.05) is 7.05 Å². The standard InChI is InChI=1S/C19H19N3O/c1-3-22-18-7-4-13(10-20-2)8-17(18)16-6-5-14(9-19(16)22)15-11-21-23-12-15/h4-9,11-12,20H,3,10H2,1-2H3/p+1. The second kappa shape index (κ2) is 5.56. The van der Waals surface area contributed by atoms with Crippen molar-refractivity contribution in [2.24, 2.45) is 0 Å². The molecular formula is C19H20N3O+. The number of fused-ring (bicyclic) bond motifs is 3. The average Bonchev–Trinajstić information content (AvgIpc) is 3.20. The number of hydrogen-bond donors (Lipinski definition) is 1. The van der Waals surface area contributed by atoms with Gasteiger partial charge in [-0.15, -0.1) is 0 Å². The Morgan fingerprint density at radius 3 is 2.70 bits per heavy atom. The van der Waals surface area contributed by atoms with Gasteiger partial charge in [0.15, 0.2) is 0 Å². The van der Waals surface area contributed by atoms with E-state index < -0.39 is 0 Å². The Morgan fingerprint density at radius 2 is 1.96 bits per heavy atom. The number of hydrogen-bond acceptors (Lipinski definition) is 2. The zero-order valence-corrected chi connectivity index (χ0v) is 13.4. The van der Waals surface area contributed by atoms with E-state index in [1.165, 1.54) is 27.4 Å². The van der Waals surface area contributed by atoms with E-state index in [1.807, 2.05) is 0 Å². The minimum Gasteiger partial charge on any atom is -0.364 e. The van der Waals surface area contributed by atoms with Gasteiger partial charge in [-0.05, 0) is 30.7 Å². The summed E-state index contributed by atoms with van der Waals surface area (Å²) in [6.07, 6.45) is 3.45. The lowest BCUT2D eigenvalue weighted by Crippen LogP contribution is -2.77. The maximum atomic E-state index is 4.98. The summed E-state index contributed by atoms with van der Waals surface area (Å²) >= 11 is 0. The van der Waals surface area contributed by atoms with Gasteiger partial charge in [-0.3, -0.25) is 0 Å². The first kappa shape index (κ1) is 14.0. The third-order valence-electron chi connectivity index (χ3n) is 4.45. The summed E-state index contributed by atoms with van der Waals surface area (Å²) in [6.45, 7) is 4.15. The molecule has 4 aromatic rings. The van der Waals surface area contributed by atoms with Crippen molar-refractivity contribution in [2.45, 2.75) is 20.0 Å². The first-order valence-corrected chi connectivity index (χ1v) is 8.04. The number of nitrogens with two attached hydrogens (primary N) is 1. The number of aromatic nitrogens is 2. The van der Waals surface area contributed by atoms with Gasteiger partial charge in [-0.2, -0.15) is 0 Å². The molecular weight excluding hydrogens is 286 g/mol. The Labute approximate surface area is 134 Å². The fourth-order valence-electron chi connectivity index (χ4n) is 3.38. The Hall–Kier alpha value is -2.59. The van der Waals surface area contributed by atoms with E-state index in [4.69, 9.17) is 4.52 Å². The number of nitrogens with zero attached hydrogens (tertiary/aromatic N) is 2. The summed E-state index contributed by atoms with van der Waals surface area (Å²) in [6, 6.07) is 13.4. The Bertz CT molecular complexity index is 967. The van der Waals surface area contributed by atoms with E-state index in [2.05, 4.69) is 65.4 Å². The second-order valence-electron chi connectivity index (χ2n) is 5.85. The summed E-state index contributed by atoms with van der Waals surface area (Å²) in [5.74, 6) is 0. The largest absolute Gasteiger partial charge is 0.364 e. The summed E-state index contributed by atoms with van der Waals surface area (Å²) in [7, 11) is 2.10. The van der Waals surface area contributed by atoms with Crippen LogP contribution in [0, 0.1) is 0 Å². The van der Waals surface area contributed by atoms with Crippen LogP contribution in [0.3, 0.4) is 0 Å². The SMILES string of the molecule is CCn1c2ccc(C[NH2+]C)cc2c2ccc(-c3cnoc3)cc21. The van der Waals surface area contributed by atoms with E-state index in [1.54, 1.807) is 12.5 Å². The van der Waals surface area contributed by atoms with Crippen molar-refractivity contribution in [3.05, 3.63) is 54.4 Å². The molecule has 4 rings (SSSR count). The molecule has 2 N–H and O–H groups in total. The van der Waals surface area contributed by atoms with Crippen molar-refractivity contribution in [1.29, 1.82) is 0 Å². The Balaban J connectivity index is 1.99. The third-order valence-corrected chi connectivity index (χ3v) is 4.45. The number of rotatable bonds is 4. The van der Waals surface area contributed by atoms with Crippen molar-refractivity contribution in [1.82, 2.24) is 9.72 Å². The molecule has 0 radical (unpaired) electrons. The molecule has 0 atom stereocenters. The van der Waals surface area contributed by atoms with Gasteiger partial charge in [0.05, 0.1) is 13.2 Å². The zero-order valence-electron chi connectivity index (χ0n) is 13.4. The lowest BCUT2D eigenvalue weighted by Gasteiger charge is -2.04. The quantitative estimate of drug-likeness (QED) is 0.629. The van der Waals surface area contributed by atoms with E-state index in [9.17, 15) is 0 Å². The van der Waals surface area contributed by atoms with Crippen LogP contribution in [0.2, 0.25) is 0 Å². The minimum absolute atomic E-state index is 0.951. The lowest BCUT2D eigenvalue weighted by molar-refractivity contribution is -0.643. The molecule has 0 aliphatic carbocycles. The van der Waals surface area contributed by atoms with Crippen molar-refractivity contribution in [3.8, 4) is 11.1 Å². The first-order valence-electron chi connectivity index (χ1n) is 8.04. The molecule has 0 spiro atoms. The van der Waals surface area contributed by atoms with Crippen LogP contribution in [0.15, 0.2) is 53.4 Å². The fourth-order valence-corrected chi connectivity index (χ4v) is 3.38. The third kappa shape index (κ3) is 2.23. The van der Waals surface area contributed by atoms with Gasteiger partial charge in [0, 0.05) is 39.5 Å². The lowest BCUT2D eigenvalue weighted by atomic mass is 10.1. The van der Waals surface area contributed by atoms with Crippen LogP contribution in [-0.4, -0.2) is 16.8 Å². The maximum absolute atomic E-state index is 4.98. The van der Waals surface area contributed by atoms with E-state index in [-0.39, 0.29) is 0 Å². The molecule has 0 fully saturated rings. The van der Waals surface area contributed by atoms with E-state index in [0.717, 1.165) is 24.2 Å². The highest BCUT2D eigenvalue weighted by molar-refractivity contribution is 6.09. The van der Waals surface area contributed by atoms with Crippen LogP contribution in [0.4, 0.5) is 0 Å². The maximum Gasteiger partial charge on any atom is 0.131 e. The number of quaternary nitrogens is 1. The van der Waals surface area contributed by atoms with Gasteiger partial charge in [0.1, 0.15) is 12.8 Å². The average molecular weight is 306 g/mol. The summed E-state index contributed by atoms with van der Waals surface area (Å²) in [4.78, 5) is 0. The molecule has 23 heavy (non-hydrogen) atoms. The first-order chi connectivity index (χ1) is 11.3. The van der Waals surface area contributed by atoms with Crippen LogP contribution < -0.4 is 5.32 Å². The zero-order chi connectivity index (χ0) is 15.8. The molecule has 0 bridgehead atoms. The van der Waals surface area contributed by atoms with Crippen molar-refractivity contribution < 1.29 is 9.84 Å². The molecule has 0 unspecified atom stereocenters. The minimum atomic E-state index is 0.951. The molecule has 0 saturated carbocycles. The van der Waals surface area contributed by atoms with Gasteiger partial charge in [0.2, 0.25) is 0 Å². The molecule has 4 nitrogen and oxygen atoms in total. The molecule has 2 heterocycles. The van der Waals surface area contributed by atoms with Gasteiger partial charge >= 0.3 is 0 Å². The molecule has 0 saturated heterocycles. The van der Waals surface area contributed by atoms with Gasteiger partial charge < -0.3 is 14.4 Å². The number of benzene rings is 2.